The summed E-state index contributed by atoms with van der Waals surface area (Å²) in [6.45, 7) is 5.57. The van der Waals surface area contributed by atoms with Crippen LogP contribution in [0.1, 0.15) is 46.0 Å². The van der Waals surface area contributed by atoms with E-state index in [9.17, 15) is 4.79 Å². The molecule has 1 aliphatic heterocycles. The minimum Gasteiger partial charge on any atom is -0.465 e. The van der Waals surface area contributed by atoms with Crippen molar-refractivity contribution in [2.45, 2.75) is 46.0 Å². The molecule has 2 bridgehead atoms. The summed E-state index contributed by atoms with van der Waals surface area (Å²) in [7, 11) is 0. The number of hydrogen-bond acceptors (Lipinski definition) is 2. The Morgan fingerprint density at radius 3 is 2.59 bits per heavy atom. The lowest BCUT2D eigenvalue weighted by Gasteiger charge is -2.32. The van der Waals surface area contributed by atoms with Gasteiger partial charge in [-0.05, 0) is 55.3 Å². The van der Waals surface area contributed by atoms with Gasteiger partial charge in [0.15, 0.2) is 0 Å². The predicted octanol–water partition coefficient (Wildman–Crippen LogP) is 3.26. The molecule has 2 nitrogen and oxygen atoms in total. The second-order valence-electron chi connectivity index (χ2n) is 6.70. The summed E-state index contributed by atoms with van der Waals surface area (Å²) >= 11 is 0. The molecule has 3 fully saturated rings. The Kier molecular flexibility index (Phi) is 2.92. The van der Waals surface area contributed by atoms with E-state index in [2.05, 4.69) is 13.8 Å². The Balaban J connectivity index is 1.49. The molecule has 2 saturated carbocycles. The standard InChI is InChI=1S/C15H24O2/c1-9-10(2)14-7-13(9)6-12(14)4-3-11-5-15(16)17-8-11/h9-14H,3-8H2,1-2H3. The molecule has 0 aromatic heterocycles. The van der Waals surface area contributed by atoms with Crippen molar-refractivity contribution in [1.29, 1.82) is 0 Å². The molecule has 6 atom stereocenters. The van der Waals surface area contributed by atoms with E-state index >= 15 is 0 Å². The molecule has 0 spiro atoms. The summed E-state index contributed by atoms with van der Waals surface area (Å²) in [5.41, 5.74) is 0. The molecular weight excluding hydrogens is 212 g/mol. The fourth-order valence-electron chi connectivity index (χ4n) is 4.63. The first kappa shape index (κ1) is 11.6. The molecule has 3 aliphatic rings. The molecule has 6 unspecified atom stereocenters. The highest BCUT2D eigenvalue weighted by Gasteiger charge is 2.48. The molecule has 2 heteroatoms. The van der Waals surface area contributed by atoms with Crippen LogP contribution in [-0.4, -0.2) is 12.6 Å². The van der Waals surface area contributed by atoms with Gasteiger partial charge >= 0.3 is 5.97 Å². The van der Waals surface area contributed by atoms with E-state index in [1.807, 2.05) is 0 Å². The van der Waals surface area contributed by atoms with E-state index in [1.54, 1.807) is 0 Å². The fraction of sp³-hybridized carbons (Fsp3) is 0.933. The molecule has 96 valence electrons. The zero-order valence-electron chi connectivity index (χ0n) is 11.0. The van der Waals surface area contributed by atoms with E-state index < -0.39 is 0 Å². The number of hydrogen-bond donors (Lipinski definition) is 0. The van der Waals surface area contributed by atoms with E-state index in [1.165, 1.54) is 25.7 Å². The highest BCUT2D eigenvalue weighted by Crippen LogP contribution is 2.56. The van der Waals surface area contributed by atoms with Gasteiger partial charge in [0.05, 0.1) is 13.0 Å². The number of esters is 1. The molecule has 0 aromatic rings. The van der Waals surface area contributed by atoms with Gasteiger partial charge in [0.25, 0.3) is 0 Å². The monoisotopic (exact) mass is 236 g/mol. The maximum absolute atomic E-state index is 11.0. The van der Waals surface area contributed by atoms with Gasteiger partial charge in [-0.3, -0.25) is 4.79 Å². The molecule has 3 rings (SSSR count). The van der Waals surface area contributed by atoms with Crippen molar-refractivity contribution in [2.75, 3.05) is 6.61 Å². The van der Waals surface area contributed by atoms with Crippen molar-refractivity contribution >= 4 is 5.97 Å². The van der Waals surface area contributed by atoms with Gasteiger partial charge in [0.2, 0.25) is 0 Å². The first-order valence-corrected chi connectivity index (χ1v) is 7.30. The van der Waals surface area contributed by atoms with Gasteiger partial charge in [-0.2, -0.15) is 0 Å². The van der Waals surface area contributed by atoms with Crippen LogP contribution in [0.25, 0.3) is 0 Å². The van der Waals surface area contributed by atoms with Crippen LogP contribution >= 0.6 is 0 Å². The lowest BCUT2D eigenvalue weighted by atomic mass is 9.73. The second-order valence-corrected chi connectivity index (χ2v) is 6.70. The third-order valence-electron chi connectivity index (χ3n) is 5.92. The molecule has 17 heavy (non-hydrogen) atoms. The molecule has 0 aromatic carbocycles. The van der Waals surface area contributed by atoms with Crippen molar-refractivity contribution in [1.82, 2.24) is 0 Å². The van der Waals surface area contributed by atoms with Gasteiger partial charge in [-0.1, -0.05) is 13.8 Å². The average molecular weight is 236 g/mol. The Bertz CT molecular complexity index is 310. The number of fused-ring (bicyclic) bond motifs is 2. The fourth-order valence-corrected chi connectivity index (χ4v) is 4.63. The van der Waals surface area contributed by atoms with E-state index in [0.717, 1.165) is 29.6 Å². The Morgan fingerprint density at radius 1 is 1.18 bits per heavy atom. The number of carbonyl (C=O) groups is 1. The third-order valence-corrected chi connectivity index (χ3v) is 5.92. The topological polar surface area (TPSA) is 26.3 Å². The lowest BCUT2D eigenvalue weighted by molar-refractivity contribution is -0.137. The van der Waals surface area contributed by atoms with Crippen LogP contribution in [0.15, 0.2) is 0 Å². The number of carbonyl (C=O) groups excluding carboxylic acids is 1. The highest BCUT2D eigenvalue weighted by molar-refractivity contribution is 5.71. The van der Waals surface area contributed by atoms with Crippen molar-refractivity contribution in [2.24, 2.45) is 35.5 Å². The summed E-state index contributed by atoms with van der Waals surface area (Å²) in [5, 5.41) is 0. The second kappa shape index (κ2) is 4.29. The Labute approximate surface area is 104 Å². The highest BCUT2D eigenvalue weighted by atomic mass is 16.5. The normalized spacial score (nSPS) is 48.7. The molecule has 0 radical (unpaired) electrons. The van der Waals surface area contributed by atoms with Gasteiger partial charge in [-0.25, -0.2) is 0 Å². The molecule has 2 aliphatic carbocycles. The van der Waals surface area contributed by atoms with Gasteiger partial charge in [-0.15, -0.1) is 0 Å². The van der Waals surface area contributed by atoms with E-state index in [0.29, 0.717) is 18.9 Å². The summed E-state index contributed by atoms with van der Waals surface area (Å²) in [4.78, 5) is 11.0. The van der Waals surface area contributed by atoms with Gasteiger partial charge in [0, 0.05) is 5.92 Å². The van der Waals surface area contributed by atoms with Crippen LogP contribution in [-0.2, 0) is 9.53 Å². The summed E-state index contributed by atoms with van der Waals surface area (Å²) < 4.78 is 5.04. The average Bonchev–Trinajstić information content (AvgIpc) is 2.95. The zero-order chi connectivity index (χ0) is 12.0. The zero-order valence-corrected chi connectivity index (χ0v) is 11.0. The summed E-state index contributed by atoms with van der Waals surface area (Å²) in [6.07, 6.45) is 6.15. The quantitative estimate of drug-likeness (QED) is 0.703. The van der Waals surface area contributed by atoms with E-state index in [-0.39, 0.29) is 5.97 Å². The third kappa shape index (κ3) is 2.00. The van der Waals surface area contributed by atoms with Crippen LogP contribution in [0, 0.1) is 35.5 Å². The largest absolute Gasteiger partial charge is 0.465 e. The van der Waals surface area contributed by atoms with Gasteiger partial charge < -0.3 is 4.74 Å². The van der Waals surface area contributed by atoms with E-state index in [4.69, 9.17) is 4.74 Å². The van der Waals surface area contributed by atoms with Crippen LogP contribution in [0.5, 0.6) is 0 Å². The molecule has 0 N–H and O–H groups in total. The molecular formula is C15H24O2. The maximum Gasteiger partial charge on any atom is 0.306 e. The summed E-state index contributed by atoms with van der Waals surface area (Å²) in [5.74, 6) is 5.35. The maximum atomic E-state index is 11.0. The number of ether oxygens (including phenoxy) is 1. The minimum absolute atomic E-state index is 0.0185. The minimum atomic E-state index is 0.0185. The van der Waals surface area contributed by atoms with Gasteiger partial charge in [0.1, 0.15) is 0 Å². The Hall–Kier alpha value is -0.530. The summed E-state index contributed by atoms with van der Waals surface area (Å²) in [6, 6.07) is 0. The van der Waals surface area contributed by atoms with Crippen LogP contribution in [0.3, 0.4) is 0 Å². The van der Waals surface area contributed by atoms with Crippen LogP contribution in [0.2, 0.25) is 0 Å². The van der Waals surface area contributed by atoms with Crippen LogP contribution in [0.4, 0.5) is 0 Å². The van der Waals surface area contributed by atoms with Crippen molar-refractivity contribution < 1.29 is 9.53 Å². The molecule has 1 heterocycles. The number of rotatable bonds is 3. The predicted molar refractivity (Wildman–Crippen MR) is 66.3 cm³/mol. The Morgan fingerprint density at radius 2 is 2.00 bits per heavy atom. The van der Waals surface area contributed by atoms with Crippen molar-refractivity contribution in [3.8, 4) is 0 Å². The molecule has 0 amide bonds. The SMILES string of the molecule is CC1C2CC(CCC3COC(=O)C3)C(C2)C1C. The smallest absolute Gasteiger partial charge is 0.306 e. The van der Waals surface area contributed by atoms with Crippen molar-refractivity contribution in [3.05, 3.63) is 0 Å². The van der Waals surface area contributed by atoms with Crippen LogP contribution < -0.4 is 0 Å². The number of cyclic esters (lactones) is 1. The molecule has 1 saturated heterocycles. The van der Waals surface area contributed by atoms with Crippen molar-refractivity contribution in [3.63, 3.8) is 0 Å². The first-order chi connectivity index (χ1) is 8.15. The lowest BCUT2D eigenvalue weighted by Crippen LogP contribution is -2.24. The first-order valence-electron chi connectivity index (χ1n) is 7.30.